The maximum Gasteiger partial charge on any atom is 0.185 e. The zero-order valence-corrected chi connectivity index (χ0v) is 17.0. The third kappa shape index (κ3) is 4.39. The molecule has 8 heteroatoms. The van der Waals surface area contributed by atoms with Crippen LogP contribution in [-0.2, 0) is 6.54 Å². The van der Waals surface area contributed by atoms with Crippen molar-refractivity contribution in [2.24, 2.45) is 0 Å². The van der Waals surface area contributed by atoms with Crippen molar-refractivity contribution in [3.8, 4) is 10.4 Å². The van der Waals surface area contributed by atoms with Crippen molar-refractivity contribution < 1.29 is 0 Å². The summed E-state index contributed by atoms with van der Waals surface area (Å²) in [6.45, 7) is 0.598. The molecule has 0 aliphatic rings. The molecule has 0 unspecified atom stereocenters. The lowest BCUT2D eigenvalue weighted by molar-refractivity contribution is 0.884. The second-order valence-electron chi connectivity index (χ2n) is 5.97. The molecule has 140 valence electrons. The summed E-state index contributed by atoms with van der Waals surface area (Å²) in [6.07, 6.45) is 1.54. The molecule has 2 aromatic heterocycles. The van der Waals surface area contributed by atoms with Gasteiger partial charge < -0.3 is 5.32 Å². The van der Waals surface area contributed by atoms with Crippen LogP contribution in [-0.4, -0.2) is 15.1 Å². The van der Waals surface area contributed by atoms with Gasteiger partial charge in [-0.3, -0.25) is 10.9 Å². The van der Waals surface area contributed by atoms with Gasteiger partial charge in [0.15, 0.2) is 10.9 Å². The van der Waals surface area contributed by atoms with Crippen LogP contribution >= 0.6 is 35.2 Å². The topological polar surface area (TPSA) is 61.9 Å². The highest BCUT2D eigenvalue weighted by Gasteiger charge is 2.10. The van der Waals surface area contributed by atoms with Crippen molar-refractivity contribution in [1.82, 2.24) is 20.7 Å². The Hall–Kier alpha value is -2.74. The lowest BCUT2D eigenvalue weighted by Crippen LogP contribution is -2.38. The molecule has 0 atom stereocenters. The first kappa shape index (κ1) is 18.6. The van der Waals surface area contributed by atoms with E-state index in [0.29, 0.717) is 22.5 Å². The van der Waals surface area contributed by atoms with Gasteiger partial charge in [-0.05, 0) is 41.5 Å². The number of hydrogen-bond donors (Lipinski definition) is 3. The predicted octanol–water partition coefficient (Wildman–Crippen LogP) is 5.00. The molecule has 0 radical (unpaired) electrons. The van der Waals surface area contributed by atoms with Gasteiger partial charge in [-0.2, -0.15) is 0 Å². The molecule has 28 heavy (non-hydrogen) atoms. The summed E-state index contributed by atoms with van der Waals surface area (Å²) in [5.41, 5.74) is 9.20. The van der Waals surface area contributed by atoms with Crippen molar-refractivity contribution >= 4 is 56.3 Å². The van der Waals surface area contributed by atoms with E-state index in [0.717, 1.165) is 26.2 Å². The zero-order chi connectivity index (χ0) is 19.3. The van der Waals surface area contributed by atoms with Crippen LogP contribution in [0.15, 0.2) is 67.0 Å². The Morgan fingerprint density at radius 1 is 1.04 bits per heavy atom. The quantitative estimate of drug-likeness (QED) is 0.309. The summed E-state index contributed by atoms with van der Waals surface area (Å²) in [5.74, 6) is 0.688. The van der Waals surface area contributed by atoms with E-state index in [1.165, 1.54) is 6.33 Å². The minimum absolute atomic E-state index is 0.474. The molecule has 5 nitrogen and oxygen atoms in total. The zero-order valence-electron chi connectivity index (χ0n) is 14.6. The molecule has 0 bridgehead atoms. The van der Waals surface area contributed by atoms with Crippen LogP contribution in [0.2, 0.25) is 5.02 Å². The van der Waals surface area contributed by atoms with Crippen LogP contribution in [0.25, 0.3) is 20.7 Å². The number of nitrogens with one attached hydrogen (secondary N) is 3. The monoisotopic (exact) mass is 425 g/mol. The fourth-order valence-corrected chi connectivity index (χ4v) is 3.94. The molecule has 0 saturated heterocycles. The lowest BCUT2D eigenvalue weighted by atomic mass is 10.2. The average Bonchev–Trinajstić information content (AvgIpc) is 3.17. The first-order chi connectivity index (χ1) is 13.7. The smallest absolute Gasteiger partial charge is 0.185 e. The van der Waals surface area contributed by atoms with Crippen molar-refractivity contribution in [3.63, 3.8) is 0 Å². The Morgan fingerprint density at radius 3 is 2.61 bits per heavy atom. The standard InChI is InChI=1S/C20H16ClN5S2/c21-15-8-6-13(7-9-15)11-22-20(27)26-25-19-18-16(23-12-24-19)10-17(28-18)14-4-2-1-3-5-14/h1-10,12H,11H2,(H2,22,26,27)(H,23,24,25). The molecule has 4 aromatic rings. The molecule has 2 aromatic carbocycles. The van der Waals surface area contributed by atoms with E-state index in [4.69, 9.17) is 23.8 Å². The van der Waals surface area contributed by atoms with Gasteiger partial charge in [0.2, 0.25) is 0 Å². The summed E-state index contributed by atoms with van der Waals surface area (Å²) < 4.78 is 0.967. The first-order valence-corrected chi connectivity index (χ1v) is 10.1. The first-order valence-electron chi connectivity index (χ1n) is 8.53. The Labute approximate surface area is 176 Å². The van der Waals surface area contributed by atoms with Gasteiger partial charge in [0.05, 0.1) is 10.2 Å². The number of thiophene rings is 1. The van der Waals surface area contributed by atoms with Crippen LogP contribution in [0, 0.1) is 0 Å². The highest BCUT2D eigenvalue weighted by atomic mass is 35.5. The van der Waals surface area contributed by atoms with Crippen LogP contribution in [0.4, 0.5) is 5.82 Å². The van der Waals surface area contributed by atoms with Crippen LogP contribution < -0.4 is 16.2 Å². The molecule has 4 rings (SSSR count). The fourth-order valence-electron chi connectivity index (χ4n) is 2.63. The summed E-state index contributed by atoms with van der Waals surface area (Å²) >= 11 is 12.9. The summed E-state index contributed by atoms with van der Waals surface area (Å²) in [4.78, 5) is 9.85. The molecule has 3 N–H and O–H groups in total. The van der Waals surface area contributed by atoms with Gasteiger partial charge in [0.1, 0.15) is 6.33 Å². The van der Waals surface area contributed by atoms with Crippen LogP contribution in [0.5, 0.6) is 0 Å². The minimum Gasteiger partial charge on any atom is -0.357 e. The molecule has 2 heterocycles. The van der Waals surface area contributed by atoms with Crippen LogP contribution in [0.3, 0.4) is 0 Å². The van der Waals surface area contributed by atoms with E-state index >= 15 is 0 Å². The van der Waals surface area contributed by atoms with E-state index < -0.39 is 0 Å². The minimum atomic E-state index is 0.474. The molecule has 0 amide bonds. The Morgan fingerprint density at radius 2 is 1.82 bits per heavy atom. The SMILES string of the molecule is S=C(NCc1ccc(Cl)cc1)NNc1ncnc2cc(-c3ccccc3)sc12. The molecule has 0 spiro atoms. The van der Waals surface area contributed by atoms with Crippen molar-refractivity contribution in [3.05, 3.63) is 77.6 Å². The van der Waals surface area contributed by atoms with Crippen molar-refractivity contribution in [1.29, 1.82) is 0 Å². The van der Waals surface area contributed by atoms with E-state index in [2.05, 4.69) is 44.3 Å². The van der Waals surface area contributed by atoms with Crippen molar-refractivity contribution in [2.75, 3.05) is 5.43 Å². The van der Waals surface area contributed by atoms with Crippen molar-refractivity contribution in [2.45, 2.75) is 6.54 Å². The number of benzene rings is 2. The van der Waals surface area contributed by atoms with E-state index in [9.17, 15) is 0 Å². The number of aromatic nitrogens is 2. The number of hydrogen-bond acceptors (Lipinski definition) is 5. The van der Waals surface area contributed by atoms with E-state index in [1.807, 2.05) is 42.5 Å². The van der Waals surface area contributed by atoms with Gasteiger partial charge in [-0.15, -0.1) is 11.3 Å². The largest absolute Gasteiger partial charge is 0.357 e. The number of rotatable bonds is 5. The van der Waals surface area contributed by atoms with Gasteiger partial charge in [-0.25, -0.2) is 9.97 Å². The number of fused-ring (bicyclic) bond motifs is 1. The van der Waals surface area contributed by atoms with Gasteiger partial charge in [0.25, 0.3) is 0 Å². The van der Waals surface area contributed by atoms with Crippen LogP contribution in [0.1, 0.15) is 5.56 Å². The average molecular weight is 426 g/mol. The molecular weight excluding hydrogens is 410 g/mol. The second-order valence-corrected chi connectivity index (χ2v) is 7.87. The number of halogens is 1. The van der Waals surface area contributed by atoms with E-state index in [1.54, 1.807) is 11.3 Å². The normalized spacial score (nSPS) is 10.6. The van der Waals surface area contributed by atoms with E-state index in [-0.39, 0.29) is 0 Å². The molecular formula is C20H16ClN5S2. The molecule has 0 fully saturated rings. The summed E-state index contributed by atoms with van der Waals surface area (Å²) in [6, 6.07) is 19.9. The third-order valence-electron chi connectivity index (χ3n) is 4.03. The number of nitrogens with zero attached hydrogens (tertiary/aromatic N) is 2. The number of anilines is 1. The van der Waals surface area contributed by atoms with Gasteiger partial charge in [-0.1, -0.05) is 54.1 Å². The maximum absolute atomic E-state index is 5.90. The Balaban J connectivity index is 1.42. The molecule has 0 aliphatic carbocycles. The lowest BCUT2D eigenvalue weighted by Gasteiger charge is -2.12. The maximum atomic E-state index is 5.90. The second kappa shape index (κ2) is 8.52. The highest BCUT2D eigenvalue weighted by Crippen LogP contribution is 2.35. The molecule has 0 aliphatic heterocycles. The number of hydrazine groups is 1. The molecule has 0 saturated carbocycles. The van der Waals surface area contributed by atoms with Gasteiger partial charge >= 0.3 is 0 Å². The predicted molar refractivity (Wildman–Crippen MR) is 120 cm³/mol. The van der Waals surface area contributed by atoms with Gasteiger partial charge in [0, 0.05) is 16.4 Å². The highest BCUT2D eigenvalue weighted by molar-refractivity contribution is 7.80. The summed E-state index contributed by atoms with van der Waals surface area (Å²) in [5, 5.41) is 4.33. The Kier molecular flexibility index (Phi) is 5.66. The number of thiocarbonyl (C=S) groups is 1. The fraction of sp³-hybridized carbons (Fsp3) is 0.0500. The Bertz CT molecular complexity index is 1100. The third-order valence-corrected chi connectivity index (χ3v) is 5.71. The summed E-state index contributed by atoms with van der Waals surface area (Å²) in [7, 11) is 0.